The first-order chi connectivity index (χ1) is 12.0. The van der Waals surface area contributed by atoms with Gasteiger partial charge in [-0.05, 0) is 18.4 Å². The minimum atomic E-state index is -0.538. The van der Waals surface area contributed by atoms with Gasteiger partial charge < -0.3 is 15.2 Å². The van der Waals surface area contributed by atoms with Gasteiger partial charge in [-0.3, -0.25) is 4.79 Å². The zero-order valence-corrected chi connectivity index (χ0v) is 15.6. The molecule has 1 heterocycles. The molecule has 1 aromatic carbocycles. The van der Waals surface area contributed by atoms with Gasteiger partial charge in [-0.15, -0.1) is 0 Å². The Morgan fingerprint density at radius 3 is 2.64 bits per heavy atom. The van der Waals surface area contributed by atoms with E-state index in [1.54, 1.807) is 6.33 Å². The third-order valence-corrected chi connectivity index (χ3v) is 4.56. The number of hydrogen-bond donors (Lipinski definition) is 1. The smallest absolute Gasteiger partial charge is 0.239 e. The summed E-state index contributed by atoms with van der Waals surface area (Å²) in [6.07, 6.45) is 5.31. The maximum atomic E-state index is 12.6. The molecular weight excluding hydrogens is 312 g/mol. The van der Waals surface area contributed by atoms with Crippen LogP contribution in [0.5, 0.6) is 0 Å². The van der Waals surface area contributed by atoms with E-state index >= 15 is 0 Å². The number of nitrogens with two attached hydrogens (primary N) is 1. The maximum Gasteiger partial charge on any atom is 0.239 e. The van der Waals surface area contributed by atoms with Crippen molar-refractivity contribution < 1.29 is 4.79 Å². The highest BCUT2D eigenvalue weighted by atomic mass is 16.2. The van der Waals surface area contributed by atoms with Crippen LogP contribution in [0.1, 0.15) is 38.4 Å². The molecule has 5 heteroatoms. The van der Waals surface area contributed by atoms with Crippen LogP contribution in [-0.2, 0) is 17.8 Å². The Hall–Kier alpha value is -2.14. The topological polar surface area (TPSA) is 64.2 Å². The van der Waals surface area contributed by atoms with E-state index in [4.69, 9.17) is 5.73 Å². The van der Waals surface area contributed by atoms with Crippen molar-refractivity contribution in [3.8, 4) is 0 Å². The zero-order chi connectivity index (χ0) is 18.2. The summed E-state index contributed by atoms with van der Waals surface area (Å²) in [5.41, 5.74) is 8.24. The van der Waals surface area contributed by atoms with E-state index in [0.29, 0.717) is 18.9 Å². The highest BCUT2D eigenvalue weighted by Crippen LogP contribution is 2.09. The highest BCUT2D eigenvalue weighted by Gasteiger charge is 2.22. The molecule has 2 N–H and O–H groups in total. The molecule has 0 aliphatic carbocycles. The minimum absolute atomic E-state index is 0.0143. The van der Waals surface area contributed by atoms with Gasteiger partial charge in [0.05, 0.1) is 18.1 Å². The zero-order valence-electron chi connectivity index (χ0n) is 15.6. The molecule has 2 aromatic rings. The first-order valence-electron chi connectivity index (χ1n) is 9.12. The number of imidazole rings is 1. The number of carbonyl (C=O) groups is 1. The predicted octanol–water partition coefficient (Wildman–Crippen LogP) is 2.70. The van der Waals surface area contributed by atoms with Crippen LogP contribution < -0.4 is 5.73 Å². The van der Waals surface area contributed by atoms with Crippen LogP contribution in [-0.4, -0.2) is 39.5 Å². The molecule has 0 spiro atoms. The molecule has 0 saturated heterocycles. The van der Waals surface area contributed by atoms with Crippen molar-refractivity contribution >= 4 is 5.91 Å². The van der Waals surface area contributed by atoms with E-state index < -0.39 is 6.04 Å². The quantitative estimate of drug-likeness (QED) is 0.762. The molecule has 0 aliphatic heterocycles. The third kappa shape index (κ3) is 5.71. The van der Waals surface area contributed by atoms with Crippen LogP contribution in [0.25, 0.3) is 0 Å². The van der Waals surface area contributed by atoms with Crippen molar-refractivity contribution in [3.05, 3.63) is 54.1 Å². The van der Waals surface area contributed by atoms with Crippen molar-refractivity contribution in [1.29, 1.82) is 0 Å². The first-order valence-corrected chi connectivity index (χ1v) is 9.12. The molecular formula is C20H30N4O. The average Bonchev–Trinajstić information content (AvgIpc) is 3.06. The number of likely N-dealkylation sites (N-methyl/N-ethyl adjacent to an activating group) is 1. The van der Waals surface area contributed by atoms with Crippen LogP contribution >= 0.6 is 0 Å². The number of nitrogens with zero attached hydrogens (tertiary/aromatic N) is 3. The van der Waals surface area contributed by atoms with Crippen LogP contribution in [0.3, 0.4) is 0 Å². The summed E-state index contributed by atoms with van der Waals surface area (Å²) in [5, 5.41) is 0. The second kappa shape index (κ2) is 9.37. The summed E-state index contributed by atoms with van der Waals surface area (Å²) < 4.78 is 2.03. The van der Waals surface area contributed by atoms with Crippen LogP contribution in [0.4, 0.5) is 0 Å². The van der Waals surface area contributed by atoms with Gasteiger partial charge in [0.25, 0.3) is 0 Å². The lowest BCUT2D eigenvalue weighted by molar-refractivity contribution is -0.133. The van der Waals surface area contributed by atoms with Crippen molar-refractivity contribution in [1.82, 2.24) is 14.5 Å². The second-order valence-electron chi connectivity index (χ2n) is 6.72. The molecule has 2 atom stereocenters. The fraction of sp³-hybridized carbons (Fsp3) is 0.500. The van der Waals surface area contributed by atoms with Crippen LogP contribution in [0, 0.1) is 5.92 Å². The Kier molecular flexibility index (Phi) is 7.19. The summed E-state index contributed by atoms with van der Waals surface area (Å²) in [5.74, 6) is 0.501. The molecule has 0 bridgehead atoms. The van der Waals surface area contributed by atoms with Crippen LogP contribution in [0.15, 0.2) is 42.9 Å². The molecule has 0 aliphatic rings. The Bertz CT molecular complexity index is 653. The van der Waals surface area contributed by atoms with Gasteiger partial charge in [-0.2, -0.15) is 0 Å². The number of benzene rings is 1. The lowest BCUT2D eigenvalue weighted by atomic mass is 10.1. The maximum absolute atomic E-state index is 12.6. The molecule has 1 amide bonds. The fourth-order valence-electron chi connectivity index (χ4n) is 2.82. The van der Waals surface area contributed by atoms with E-state index in [-0.39, 0.29) is 5.91 Å². The van der Waals surface area contributed by atoms with Gasteiger partial charge in [0.1, 0.15) is 0 Å². The van der Waals surface area contributed by atoms with Crippen molar-refractivity contribution in [2.24, 2.45) is 11.7 Å². The minimum Gasteiger partial charge on any atom is -0.341 e. The highest BCUT2D eigenvalue weighted by molar-refractivity contribution is 5.81. The van der Waals surface area contributed by atoms with Gasteiger partial charge in [-0.25, -0.2) is 4.98 Å². The van der Waals surface area contributed by atoms with E-state index in [1.807, 2.05) is 40.8 Å². The van der Waals surface area contributed by atoms with Gasteiger partial charge in [0, 0.05) is 32.3 Å². The number of hydrogen-bond acceptors (Lipinski definition) is 3. The monoisotopic (exact) mass is 342 g/mol. The van der Waals surface area contributed by atoms with E-state index in [0.717, 1.165) is 25.2 Å². The SMILES string of the molecule is CCC(C)CN(CC)C(=O)[C@@H](N)Cc1cn(Cc2ccccc2)cn1. The number of carbonyl (C=O) groups excluding carboxylic acids is 1. The molecule has 0 radical (unpaired) electrons. The predicted molar refractivity (Wildman–Crippen MR) is 101 cm³/mol. The molecule has 2 rings (SSSR count). The molecule has 136 valence electrons. The Labute approximate surface area is 150 Å². The first kappa shape index (κ1) is 19.2. The number of aromatic nitrogens is 2. The average molecular weight is 342 g/mol. The molecule has 0 saturated carbocycles. The van der Waals surface area contributed by atoms with E-state index in [9.17, 15) is 4.79 Å². The van der Waals surface area contributed by atoms with E-state index in [1.165, 1.54) is 5.56 Å². The normalized spacial score (nSPS) is 13.4. The Morgan fingerprint density at radius 1 is 1.28 bits per heavy atom. The van der Waals surface area contributed by atoms with E-state index in [2.05, 4.69) is 31.0 Å². The van der Waals surface area contributed by atoms with Gasteiger partial charge in [0.15, 0.2) is 0 Å². The van der Waals surface area contributed by atoms with Gasteiger partial charge >= 0.3 is 0 Å². The third-order valence-electron chi connectivity index (χ3n) is 4.56. The fourth-order valence-corrected chi connectivity index (χ4v) is 2.82. The van der Waals surface area contributed by atoms with Crippen LogP contribution in [0.2, 0.25) is 0 Å². The largest absolute Gasteiger partial charge is 0.341 e. The lowest BCUT2D eigenvalue weighted by Crippen LogP contribution is -2.46. The summed E-state index contributed by atoms with van der Waals surface area (Å²) in [7, 11) is 0. The number of rotatable bonds is 9. The molecule has 25 heavy (non-hydrogen) atoms. The molecule has 5 nitrogen and oxygen atoms in total. The molecule has 0 fully saturated rings. The van der Waals surface area contributed by atoms with Crippen molar-refractivity contribution in [2.45, 2.75) is 46.2 Å². The van der Waals surface area contributed by atoms with Gasteiger partial charge in [-0.1, -0.05) is 50.6 Å². The summed E-state index contributed by atoms with van der Waals surface area (Å²) in [6.45, 7) is 8.53. The Balaban J connectivity index is 1.93. The number of amides is 1. The van der Waals surface area contributed by atoms with Gasteiger partial charge in [0.2, 0.25) is 5.91 Å². The summed E-state index contributed by atoms with van der Waals surface area (Å²) >= 11 is 0. The van der Waals surface area contributed by atoms with Crippen molar-refractivity contribution in [3.63, 3.8) is 0 Å². The summed E-state index contributed by atoms with van der Waals surface area (Å²) in [6, 6.07) is 9.69. The molecule has 1 unspecified atom stereocenters. The lowest BCUT2D eigenvalue weighted by Gasteiger charge is -2.26. The Morgan fingerprint density at radius 2 is 2.00 bits per heavy atom. The standard InChI is InChI=1S/C20H30N4O/c1-4-16(3)12-24(5-2)20(25)19(21)11-18-14-23(15-22-18)13-17-9-7-6-8-10-17/h6-10,14-16,19H,4-5,11-13,21H2,1-3H3/t16?,19-/m0/s1. The second-order valence-corrected chi connectivity index (χ2v) is 6.72. The summed E-state index contributed by atoms with van der Waals surface area (Å²) in [4.78, 5) is 18.9. The van der Waals surface area contributed by atoms with Crippen molar-refractivity contribution in [2.75, 3.05) is 13.1 Å². The molecule has 1 aromatic heterocycles.